The van der Waals surface area contributed by atoms with Crippen LogP contribution < -0.4 is 11.3 Å². The summed E-state index contributed by atoms with van der Waals surface area (Å²) >= 11 is 0. The summed E-state index contributed by atoms with van der Waals surface area (Å²) in [5.41, 5.74) is 2.29. The van der Waals surface area contributed by atoms with E-state index in [1.54, 1.807) is 0 Å². The first-order chi connectivity index (χ1) is 10.0. The van der Waals surface area contributed by atoms with E-state index >= 15 is 0 Å². The Bertz CT molecular complexity index is 454. The Morgan fingerprint density at radius 1 is 1.24 bits per heavy atom. The van der Waals surface area contributed by atoms with Gasteiger partial charge in [0.25, 0.3) is 0 Å². The van der Waals surface area contributed by atoms with Crippen LogP contribution in [0.4, 0.5) is 8.78 Å². The summed E-state index contributed by atoms with van der Waals surface area (Å²) in [4.78, 5) is 2.31. The standard InChI is InChI=1S/C16H25F2N3/c1-3-16(2,21-10-5-4-6-11-21)15(20-19)14-12(17)8-7-9-13(14)18/h7-9,15,20H,3-6,10-11,19H2,1-2H3. The van der Waals surface area contributed by atoms with Gasteiger partial charge in [0.2, 0.25) is 0 Å². The molecule has 0 radical (unpaired) electrons. The molecule has 1 saturated heterocycles. The van der Waals surface area contributed by atoms with E-state index in [4.69, 9.17) is 5.84 Å². The van der Waals surface area contributed by atoms with Crippen molar-refractivity contribution < 1.29 is 8.78 Å². The van der Waals surface area contributed by atoms with Crippen LogP contribution in [0.1, 0.15) is 51.1 Å². The molecule has 118 valence electrons. The molecule has 1 fully saturated rings. The highest BCUT2D eigenvalue weighted by Crippen LogP contribution is 2.37. The Balaban J connectivity index is 2.41. The van der Waals surface area contributed by atoms with Crippen molar-refractivity contribution in [2.24, 2.45) is 5.84 Å². The van der Waals surface area contributed by atoms with Crippen LogP contribution in [-0.2, 0) is 0 Å². The summed E-state index contributed by atoms with van der Waals surface area (Å²) in [5, 5.41) is 0. The maximum Gasteiger partial charge on any atom is 0.131 e. The van der Waals surface area contributed by atoms with Gasteiger partial charge < -0.3 is 0 Å². The highest BCUT2D eigenvalue weighted by atomic mass is 19.1. The van der Waals surface area contributed by atoms with E-state index in [0.29, 0.717) is 0 Å². The number of hydrazine groups is 1. The summed E-state index contributed by atoms with van der Waals surface area (Å²) in [6.07, 6.45) is 4.21. The van der Waals surface area contributed by atoms with E-state index in [1.807, 2.05) is 13.8 Å². The van der Waals surface area contributed by atoms with Gasteiger partial charge in [-0.3, -0.25) is 16.2 Å². The Hall–Kier alpha value is -1.04. The fourth-order valence-corrected chi connectivity index (χ4v) is 3.38. The van der Waals surface area contributed by atoms with E-state index in [-0.39, 0.29) is 5.56 Å². The molecule has 3 N–H and O–H groups in total. The minimum absolute atomic E-state index is 0.0370. The molecule has 3 nitrogen and oxygen atoms in total. The quantitative estimate of drug-likeness (QED) is 0.648. The molecule has 0 saturated carbocycles. The average molecular weight is 297 g/mol. The number of likely N-dealkylation sites (tertiary alicyclic amines) is 1. The summed E-state index contributed by atoms with van der Waals surface area (Å²) < 4.78 is 28.3. The predicted molar refractivity (Wildman–Crippen MR) is 80.5 cm³/mol. The Morgan fingerprint density at radius 3 is 2.29 bits per heavy atom. The van der Waals surface area contributed by atoms with Crippen LogP contribution in [0.2, 0.25) is 0 Å². The fraction of sp³-hybridized carbons (Fsp3) is 0.625. The molecule has 2 atom stereocenters. The molecule has 1 aromatic rings. The highest BCUT2D eigenvalue weighted by molar-refractivity contribution is 5.27. The number of benzene rings is 1. The molecule has 1 heterocycles. The van der Waals surface area contributed by atoms with Gasteiger partial charge in [-0.05, 0) is 51.4 Å². The van der Waals surface area contributed by atoms with Crippen LogP contribution in [0.25, 0.3) is 0 Å². The van der Waals surface area contributed by atoms with Crippen LogP contribution in [0.3, 0.4) is 0 Å². The average Bonchev–Trinajstić information content (AvgIpc) is 2.51. The number of hydrogen-bond donors (Lipinski definition) is 2. The summed E-state index contributed by atoms with van der Waals surface area (Å²) in [7, 11) is 0. The normalized spacial score (nSPS) is 21.0. The number of rotatable bonds is 5. The lowest BCUT2D eigenvalue weighted by molar-refractivity contribution is 0.0401. The lowest BCUT2D eigenvalue weighted by Gasteiger charge is -2.48. The Morgan fingerprint density at radius 2 is 1.81 bits per heavy atom. The van der Waals surface area contributed by atoms with Gasteiger partial charge in [-0.1, -0.05) is 19.4 Å². The molecule has 0 bridgehead atoms. The number of halogens is 2. The SMILES string of the molecule is CCC(C)(C(NN)c1c(F)cccc1F)N1CCCCC1. The van der Waals surface area contributed by atoms with Gasteiger partial charge >= 0.3 is 0 Å². The molecule has 1 aliphatic heterocycles. The Kier molecular flexibility index (Phi) is 5.30. The smallest absolute Gasteiger partial charge is 0.131 e. The molecule has 2 unspecified atom stereocenters. The monoisotopic (exact) mass is 297 g/mol. The Labute approximate surface area is 125 Å². The van der Waals surface area contributed by atoms with Crippen LogP contribution in [0.5, 0.6) is 0 Å². The van der Waals surface area contributed by atoms with E-state index in [1.165, 1.54) is 24.6 Å². The van der Waals surface area contributed by atoms with Crippen molar-refractivity contribution >= 4 is 0 Å². The molecule has 0 aromatic heterocycles. The zero-order valence-corrected chi connectivity index (χ0v) is 12.8. The summed E-state index contributed by atoms with van der Waals surface area (Å²) in [5.74, 6) is 4.61. The molecular weight excluding hydrogens is 272 g/mol. The van der Waals surface area contributed by atoms with E-state index in [2.05, 4.69) is 10.3 Å². The summed E-state index contributed by atoms with van der Waals surface area (Å²) in [6.45, 7) is 5.96. The van der Waals surface area contributed by atoms with Gasteiger partial charge in [0.15, 0.2) is 0 Å². The van der Waals surface area contributed by atoms with Crippen molar-refractivity contribution in [3.8, 4) is 0 Å². The zero-order chi connectivity index (χ0) is 15.5. The molecule has 1 aliphatic rings. The minimum Gasteiger partial charge on any atom is -0.296 e. The van der Waals surface area contributed by atoms with E-state index in [0.717, 1.165) is 32.4 Å². The van der Waals surface area contributed by atoms with Crippen LogP contribution in [0, 0.1) is 11.6 Å². The van der Waals surface area contributed by atoms with Gasteiger partial charge in [0.1, 0.15) is 11.6 Å². The molecule has 21 heavy (non-hydrogen) atoms. The zero-order valence-electron chi connectivity index (χ0n) is 12.8. The van der Waals surface area contributed by atoms with Crippen molar-refractivity contribution in [1.29, 1.82) is 0 Å². The lowest BCUT2D eigenvalue weighted by atomic mass is 9.81. The number of nitrogens with zero attached hydrogens (tertiary/aromatic N) is 1. The van der Waals surface area contributed by atoms with Crippen molar-refractivity contribution in [2.75, 3.05) is 13.1 Å². The van der Waals surface area contributed by atoms with Gasteiger partial charge in [0, 0.05) is 11.1 Å². The third-order valence-electron chi connectivity index (χ3n) is 4.87. The van der Waals surface area contributed by atoms with Gasteiger partial charge in [-0.25, -0.2) is 8.78 Å². The third kappa shape index (κ3) is 3.10. The predicted octanol–water partition coefficient (Wildman–Crippen LogP) is 3.12. The number of piperidine rings is 1. The van der Waals surface area contributed by atoms with Gasteiger partial charge in [-0.2, -0.15) is 0 Å². The maximum absolute atomic E-state index is 14.2. The highest BCUT2D eigenvalue weighted by Gasteiger charge is 2.41. The number of nitrogens with two attached hydrogens (primary N) is 1. The van der Waals surface area contributed by atoms with Gasteiger partial charge in [0.05, 0.1) is 6.04 Å². The first kappa shape index (κ1) is 16.3. The second kappa shape index (κ2) is 6.81. The molecule has 2 rings (SSSR count). The second-order valence-corrected chi connectivity index (χ2v) is 5.99. The van der Waals surface area contributed by atoms with Crippen molar-refractivity contribution in [3.05, 3.63) is 35.4 Å². The third-order valence-corrected chi connectivity index (χ3v) is 4.87. The minimum atomic E-state index is -0.582. The van der Waals surface area contributed by atoms with Crippen LogP contribution in [0.15, 0.2) is 18.2 Å². The van der Waals surface area contributed by atoms with E-state index in [9.17, 15) is 8.78 Å². The van der Waals surface area contributed by atoms with E-state index < -0.39 is 23.2 Å². The fourth-order valence-electron chi connectivity index (χ4n) is 3.38. The number of hydrogen-bond acceptors (Lipinski definition) is 3. The topological polar surface area (TPSA) is 41.3 Å². The largest absolute Gasteiger partial charge is 0.296 e. The number of nitrogens with one attached hydrogen (secondary N) is 1. The lowest BCUT2D eigenvalue weighted by Crippen LogP contribution is -2.57. The van der Waals surface area contributed by atoms with Crippen LogP contribution in [-0.4, -0.2) is 23.5 Å². The maximum atomic E-state index is 14.2. The van der Waals surface area contributed by atoms with Crippen molar-refractivity contribution in [1.82, 2.24) is 10.3 Å². The van der Waals surface area contributed by atoms with Gasteiger partial charge in [-0.15, -0.1) is 0 Å². The van der Waals surface area contributed by atoms with Crippen molar-refractivity contribution in [2.45, 2.75) is 51.1 Å². The first-order valence-corrected chi connectivity index (χ1v) is 7.69. The van der Waals surface area contributed by atoms with Crippen LogP contribution >= 0.6 is 0 Å². The molecular formula is C16H25F2N3. The molecule has 0 aliphatic carbocycles. The first-order valence-electron chi connectivity index (χ1n) is 7.69. The molecule has 5 heteroatoms. The van der Waals surface area contributed by atoms with Crippen molar-refractivity contribution in [3.63, 3.8) is 0 Å². The molecule has 0 amide bonds. The summed E-state index contributed by atoms with van der Waals surface area (Å²) in [6, 6.07) is 3.37. The molecule has 1 aromatic carbocycles. The molecule has 0 spiro atoms. The second-order valence-electron chi connectivity index (χ2n) is 5.99.